The molecule has 1 fully saturated rings. The average Bonchev–Trinajstić information content (AvgIpc) is 2.48. The van der Waals surface area contributed by atoms with Crippen LogP contribution in [0.2, 0.25) is 0 Å². The molecular weight excluding hydrogens is 242 g/mol. The molecule has 0 N–H and O–H groups in total. The molecule has 1 aromatic rings. The Morgan fingerprint density at radius 3 is 3.05 bits per heavy atom. The molecule has 1 saturated heterocycles. The van der Waals surface area contributed by atoms with Crippen molar-refractivity contribution in [2.45, 2.75) is 38.7 Å². The number of rotatable bonds is 6. The highest BCUT2D eigenvalue weighted by atomic mass is 16.5. The summed E-state index contributed by atoms with van der Waals surface area (Å²) < 4.78 is 11.0. The predicted octanol–water partition coefficient (Wildman–Crippen LogP) is 2.27. The molecule has 2 rings (SSSR count). The van der Waals surface area contributed by atoms with Crippen molar-refractivity contribution in [2.75, 3.05) is 31.7 Å². The van der Waals surface area contributed by atoms with Crippen LogP contribution in [-0.2, 0) is 4.74 Å². The van der Waals surface area contributed by atoms with Gasteiger partial charge in [-0.3, -0.25) is 0 Å². The summed E-state index contributed by atoms with van der Waals surface area (Å²) in [5.74, 6) is 1.34. The summed E-state index contributed by atoms with van der Waals surface area (Å²) in [7, 11) is 1.63. The molecule has 1 aliphatic heterocycles. The van der Waals surface area contributed by atoms with Gasteiger partial charge in [-0.25, -0.2) is 4.98 Å². The Bertz CT molecular complexity index is 381. The highest BCUT2D eigenvalue weighted by Crippen LogP contribution is 2.18. The van der Waals surface area contributed by atoms with E-state index < -0.39 is 0 Å². The van der Waals surface area contributed by atoms with Gasteiger partial charge in [-0.1, -0.05) is 6.92 Å². The van der Waals surface area contributed by atoms with Crippen LogP contribution in [0, 0.1) is 0 Å². The second-order valence-corrected chi connectivity index (χ2v) is 4.83. The van der Waals surface area contributed by atoms with Gasteiger partial charge in [-0.05, 0) is 25.7 Å². The third-order valence-corrected chi connectivity index (χ3v) is 3.30. The minimum atomic E-state index is 0.301. The van der Waals surface area contributed by atoms with E-state index in [2.05, 4.69) is 21.8 Å². The van der Waals surface area contributed by atoms with Crippen molar-refractivity contribution in [3.63, 3.8) is 0 Å². The fraction of sp³-hybridized carbons (Fsp3) is 0.714. The quantitative estimate of drug-likeness (QED) is 0.789. The van der Waals surface area contributed by atoms with Gasteiger partial charge in [0, 0.05) is 32.0 Å². The number of aromatic nitrogens is 2. The minimum absolute atomic E-state index is 0.301. The third-order valence-electron chi connectivity index (χ3n) is 3.30. The van der Waals surface area contributed by atoms with E-state index in [1.54, 1.807) is 19.4 Å². The van der Waals surface area contributed by atoms with Crippen molar-refractivity contribution in [1.29, 1.82) is 0 Å². The van der Waals surface area contributed by atoms with Crippen molar-refractivity contribution in [3.05, 3.63) is 12.3 Å². The maximum absolute atomic E-state index is 5.80. The molecule has 0 saturated carbocycles. The Morgan fingerprint density at radius 2 is 2.37 bits per heavy atom. The smallest absolute Gasteiger partial charge is 0.228 e. The van der Waals surface area contributed by atoms with E-state index in [9.17, 15) is 0 Å². The molecule has 2 heterocycles. The molecule has 1 atom stereocenters. The zero-order chi connectivity index (χ0) is 13.5. The zero-order valence-electron chi connectivity index (χ0n) is 11.8. The van der Waals surface area contributed by atoms with Crippen LogP contribution < -0.4 is 9.64 Å². The van der Waals surface area contributed by atoms with Crippen LogP contribution in [0.4, 0.5) is 5.95 Å². The summed E-state index contributed by atoms with van der Waals surface area (Å²) in [6, 6.07) is 1.77. The monoisotopic (exact) mass is 265 g/mol. The molecule has 0 radical (unpaired) electrons. The largest absolute Gasteiger partial charge is 0.481 e. The Balaban J connectivity index is 2.04. The van der Waals surface area contributed by atoms with Gasteiger partial charge in [-0.2, -0.15) is 4.98 Å². The number of nitrogens with zero attached hydrogens (tertiary/aromatic N) is 3. The van der Waals surface area contributed by atoms with Gasteiger partial charge in [0.1, 0.15) is 0 Å². The highest BCUT2D eigenvalue weighted by molar-refractivity contribution is 5.32. The molecule has 106 valence electrons. The van der Waals surface area contributed by atoms with Gasteiger partial charge >= 0.3 is 0 Å². The first-order chi connectivity index (χ1) is 9.33. The second kappa shape index (κ2) is 7.28. The molecule has 0 amide bonds. The average molecular weight is 265 g/mol. The molecular formula is C14H23N3O2. The van der Waals surface area contributed by atoms with Gasteiger partial charge in [0.25, 0.3) is 0 Å². The number of hydrogen-bond donors (Lipinski definition) is 0. The predicted molar refractivity (Wildman–Crippen MR) is 74.7 cm³/mol. The number of ether oxygens (including phenoxy) is 2. The summed E-state index contributed by atoms with van der Waals surface area (Å²) in [6.07, 6.45) is 6.67. The molecule has 0 bridgehead atoms. The van der Waals surface area contributed by atoms with E-state index in [0.717, 1.165) is 38.5 Å². The molecule has 1 unspecified atom stereocenters. The van der Waals surface area contributed by atoms with Crippen LogP contribution in [0.1, 0.15) is 32.6 Å². The van der Waals surface area contributed by atoms with Gasteiger partial charge in [0.05, 0.1) is 13.2 Å². The third kappa shape index (κ3) is 4.06. The van der Waals surface area contributed by atoms with Crippen LogP contribution in [0.25, 0.3) is 0 Å². The number of anilines is 1. The molecule has 0 aliphatic carbocycles. The van der Waals surface area contributed by atoms with Gasteiger partial charge in [0.2, 0.25) is 11.8 Å². The lowest BCUT2D eigenvalue weighted by Crippen LogP contribution is -2.37. The fourth-order valence-electron chi connectivity index (χ4n) is 2.34. The highest BCUT2D eigenvalue weighted by Gasteiger charge is 2.19. The lowest BCUT2D eigenvalue weighted by Gasteiger charge is -2.29. The minimum Gasteiger partial charge on any atom is -0.481 e. The van der Waals surface area contributed by atoms with Crippen LogP contribution in [0.5, 0.6) is 5.88 Å². The lowest BCUT2D eigenvalue weighted by atomic mass is 10.1. The van der Waals surface area contributed by atoms with E-state index in [-0.39, 0.29) is 0 Å². The van der Waals surface area contributed by atoms with Crippen molar-refractivity contribution < 1.29 is 9.47 Å². The van der Waals surface area contributed by atoms with E-state index >= 15 is 0 Å². The van der Waals surface area contributed by atoms with Gasteiger partial charge in [0.15, 0.2) is 0 Å². The molecule has 1 aromatic heterocycles. The molecule has 0 spiro atoms. The number of methoxy groups -OCH3 is 1. The van der Waals surface area contributed by atoms with E-state index in [1.165, 1.54) is 12.8 Å². The molecule has 5 heteroatoms. The zero-order valence-corrected chi connectivity index (χ0v) is 11.8. The summed E-state index contributed by atoms with van der Waals surface area (Å²) in [5.41, 5.74) is 0. The Labute approximate surface area is 115 Å². The Morgan fingerprint density at radius 1 is 1.47 bits per heavy atom. The van der Waals surface area contributed by atoms with Crippen LogP contribution >= 0.6 is 0 Å². The normalized spacial score (nSPS) is 19.2. The van der Waals surface area contributed by atoms with Crippen molar-refractivity contribution in [2.24, 2.45) is 0 Å². The Hall–Kier alpha value is -1.36. The molecule has 5 nitrogen and oxygen atoms in total. The standard InChI is InChI=1S/C14H23N3O2/c1-3-9-17(11-12-6-4-5-10-19-12)14-15-8-7-13(16-14)18-2/h7-8,12H,3-6,9-11H2,1-2H3. The van der Waals surface area contributed by atoms with Crippen LogP contribution in [0.3, 0.4) is 0 Å². The Kier molecular flexibility index (Phi) is 5.39. The summed E-state index contributed by atoms with van der Waals surface area (Å²) in [5, 5.41) is 0. The van der Waals surface area contributed by atoms with Gasteiger partial charge in [-0.15, -0.1) is 0 Å². The second-order valence-electron chi connectivity index (χ2n) is 4.83. The summed E-state index contributed by atoms with van der Waals surface area (Å²) >= 11 is 0. The summed E-state index contributed by atoms with van der Waals surface area (Å²) in [6.45, 7) is 4.84. The SMILES string of the molecule is CCCN(CC1CCCCO1)c1nccc(OC)n1. The molecule has 19 heavy (non-hydrogen) atoms. The topological polar surface area (TPSA) is 47.5 Å². The fourth-order valence-corrected chi connectivity index (χ4v) is 2.34. The maximum atomic E-state index is 5.80. The van der Waals surface area contributed by atoms with Crippen molar-refractivity contribution >= 4 is 5.95 Å². The summed E-state index contributed by atoms with van der Waals surface area (Å²) in [4.78, 5) is 11.0. The van der Waals surface area contributed by atoms with E-state index in [1.807, 2.05) is 0 Å². The van der Waals surface area contributed by atoms with Crippen molar-refractivity contribution in [1.82, 2.24) is 9.97 Å². The lowest BCUT2D eigenvalue weighted by molar-refractivity contribution is 0.0208. The first kappa shape index (κ1) is 14.1. The van der Waals surface area contributed by atoms with Crippen LogP contribution in [-0.4, -0.2) is 42.9 Å². The first-order valence-electron chi connectivity index (χ1n) is 7.07. The first-order valence-corrected chi connectivity index (χ1v) is 7.07. The number of hydrogen-bond acceptors (Lipinski definition) is 5. The van der Waals surface area contributed by atoms with Gasteiger partial charge < -0.3 is 14.4 Å². The molecule has 1 aliphatic rings. The van der Waals surface area contributed by atoms with E-state index in [4.69, 9.17) is 9.47 Å². The molecule has 0 aromatic carbocycles. The van der Waals surface area contributed by atoms with E-state index in [0.29, 0.717) is 12.0 Å². The van der Waals surface area contributed by atoms with Crippen molar-refractivity contribution in [3.8, 4) is 5.88 Å². The van der Waals surface area contributed by atoms with Crippen LogP contribution in [0.15, 0.2) is 12.3 Å². The maximum Gasteiger partial charge on any atom is 0.228 e.